The van der Waals surface area contributed by atoms with E-state index < -0.39 is 11.7 Å². The molecule has 134 valence electrons. The molecule has 2 aromatic rings. The summed E-state index contributed by atoms with van der Waals surface area (Å²) in [6.07, 6.45) is 5.90. The van der Waals surface area contributed by atoms with Crippen LogP contribution in [0.5, 0.6) is 0 Å². The molecular formula is C19H19FN4O2. The first-order valence-corrected chi connectivity index (χ1v) is 8.69. The molecule has 1 aromatic carbocycles. The van der Waals surface area contributed by atoms with Crippen LogP contribution in [0, 0.1) is 23.1 Å². The fourth-order valence-electron chi connectivity index (χ4n) is 4.00. The Kier molecular flexibility index (Phi) is 4.45. The topological polar surface area (TPSA) is 90.1 Å². The molecular weight excluding hydrogens is 335 g/mol. The number of halogens is 1. The second-order valence-electron chi connectivity index (χ2n) is 6.88. The lowest BCUT2D eigenvalue weighted by Crippen LogP contribution is -2.44. The number of hydrazine groups is 1. The van der Waals surface area contributed by atoms with E-state index in [2.05, 4.69) is 16.2 Å². The summed E-state index contributed by atoms with van der Waals surface area (Å²) in [5, 5.41) is 11.9. The van der Waals surface area contributed by atoms with E-state index >= 15 is 0 Å². The van der Waals surface area contributed by atoms with Crippen molar-refractivity contribution >= 4 is 5.91 Å². The second kappa shape index (κ2) is 6.90. The van der Waals surface area contributed by atoms with Crippen molar-refractivity contribution < 1.29 is 13.6 Å². The molecule has 1 amide bonds. The Hall–Kier alpha value is -2.69. The molecule has 1 aliphatic carbocycles. The highest BCUT2D eigenvalue weighted by Crippen LogP contribution is 2.38. The highest BCUT2D eigenvalue weighted by atomic mass is 19.1. The monoisotopic (exact) mass is 354 g/mol. The third-order valence-corrected chi connectivity index (χ3v) is 5.33. The molecule has 4 unspecified atom stereocenters. The van der Waals surface area contributed by atoms with E-state index in [0.717, 1.165) is 30.9 Å². The van der Waals surface area contributed by atoms with Crippen molar-refractivity contribution in [2.75, 3.05) is 0 Å². The zero-order valence-electron chi connectivity index (χ0n) is 14.0. The molecule has 4 rings (SSSR count). The molecule has 2 fully saturated rings. The minimum absolute atomic E-state index is 0.0370. The van der Waals surface area contributed by atoms with Crippen molar-refractivity contribution in [3.05, 3.63) is 59.3 Å². The van der Waals surface area contributed by atoms with E-state index in [0.29, 0.717) is 12.0 Å². The van der Waals surface area contributed by atoms with Gasteiger partial charge in [0.05, 0.1) is 35.8 Å². The van der Waals surface area contributed by atoms with Gasteiger partial charge in [0.2, 0.25) is 0 Å². The number of amides is 1. The minimum atomic E-state index is -0.615. The number of hydrogen-bond acceptors (Lipinski definition) is 5. The van der Waals surface area contributed by atoms with Gasteiger partial charge < -0.3 is 9.73 Å². The van der Waals surface area contributed by atoms with Crippen LogP contribution in [0.15, 0.2) is 41.2 Å². The Morgan fingerprint density at radius 1 is 1.31 bits per heavy atom. The van der Waals surface area contributed by atoms with E-state index in [9.17, 15) is 9.18 Å². The summed E-state index contributed by atoms with van der Waals surface area (Å²) in [6, 6.07) is 8.11. The molecule has 0 spiro atoms. The Bertz CT molecular complexity index is 846. The lowest BCUT2D eigenvalue weighted by atomic mass is 9.77. The molecule has 4 atom stereocenters. The SMILES string of the molecule is N#Cc1ccc(F)c(C(=O)NC2CCC3NNC(c4ccoc4)C3C2)c1. The summed E-state index contributed by atoms with van der Waals surface area (Å²) < 4.78 is 19.2. The van der Waals surface area contributed by atoms with Crippen molar-refractivity contribution in [2.24, 2.45) is 5.92 Å². The number of hydrogen-bond donors (Lipinski definition) is 3. The van der Waals surface area contributed by atoms with Gasteiger partial charge in [-0.15, -0.1) is 0 Å². The minimum Gasteiger partial charge on any atom is -0.472 e. The summed E-state index contributed by atoms with van der Waals surface area (Å²) >= 11 is 0. The first-order chi connectivity index (χ1) is 12.7. The number of rotatable bonds is 3. The molecule has 2 heterocycles. The van der Waals surface area contributed by atoms with Gasteiger partial charge in [0.15, 0.2) is 0 Å². The normalized spacial score (nSPS) is 27.5. The Morgan fingerprint density at radius 3 is 2.96 bits per heavy atom. The summed E-state index contributed by atoms with van der Waals surface area (Å²) in [5.41, 5.74) is 7.90. The Labute approximate surface area is 150 Å². The molecule has 1 aromatic heterocycles. The highest BCUT2D eigenvalue weighted by Gasteiger charge is 2.41. The number of carbonyl (C=O) groups excluding carboxylic acids is 1. The molecule has 1 saturated heterocycles. The number of nitriles is 1. The van der Waals surface area contributed by atoms with Crippen LogP contribution in [0.25, 0.3) is 0 Å². The van der Waals surface area contributed by atoms with Crippen LogP contribution >= 0.6 is 0 Å². The van der Waals surface area contributed by atoms with Gasteiger partial charge in [-0.1, -0.05) is 0 Å². The standard InChI is InChI=1S/C19H19FN4O2/c20-16-3-1-11(9-21)7-14(16)19(25)22-13-2-4-17-15(8-13)18(24-23-17)12-5-6-26-10-12/h1,3,5-7,10,13,15,17-18,23-24H,2,4,8H2,(H,22,25). The summed E-state index contributed by atoms with van der Waals surface area (Å²) in [6.45, 7) is 0. The average Bonchev–Trinajstić information content (AvgIpc) is 3.31. The van der Waals surface area contributed by atoms with Gasteiger partial charge in [0.1, 0.15) is 5.82 Å². The zero-order valence-corrected chi connectivity index (χ0v) is 14.0. The molecule has 0 radical (unpaired) electrons. The highest BCUT2D eigenvalue weighted by molar-refractivity contribution is 5.95. The van der Waals surface area contributed by atoms with Gasteiger partial charge in [-0.3, -0.25) is 10.2 Å². The van der Waals surface area contributed by atoms with Crippen LogP contribution in [-0.4, -0.2) is 18.0 Å². The zero-order chi connectivity index (χ0) is 18.1. The molecule has 6 nitrogen and oxygen atoms in total. The number of nitrogens with zero attached hydrogens (tertiary/aromatic N) is 1. The summed E-state index contributed by atoms with van der Waals surface area (Å²) in [5.74, 6) is -0.778. The molecule has 26 heavy (non-hydrogen) atoms. The molecule has 2 aliphatic rings. The number of fused-ring (bicyclic) bond motifs is 1. The van der Waals surface area contributed by atoms with Gasteiger partial charge >= 0.3 is 0 Å². The maximum atomic E-state index is 14.0. The lowest BCUT2D eigenvalue weighted by molar-refractivity contribution is 0.0911. The van der Waals surface area contributed by atoms with E-state index in [4.69, 9.17) is 9.68 Å². The molecule has 0 bridgehead atoms. The predicted molar refractivity (Wildman–Crippen MR) is 91.2 cm³/mol. The number of nitrogens with one attached hydrogen (secondary N) is 3. The van der Waals surface area contributed by atoms with Crippen molar-refractivity contribution in [2.45, 2.75) is 37.4 Å². The lowest BCUT2D eigenvalue weighted by Gasteiger charge is -2.33. The third-order valence-electron chi connectivity index (χ3n) is 5.33. The largest absolute Gasteiger partial charge is 0.472 e. The van der Waals surface area contributed by atoms with Gasteiger partial charge in [-0.2, -0.15) is 5.26 Å². The van der Waals surface area contributed by atoms with E-state index in [1.807, 2.05) is 12.1 Å². The first-order valence-electron chi connectivity index (χ1n) is 8.69. The third kappa shape index (κ3) is 3.09. The number of benzene rings is 1. The molecule has 1 saturated carbocycles. The first kappa shape index (κ1) is 16.8. The van der Waals surface area contributed by atoms with Crippen molar-refractivity contribution in [3.8, 4) is 6.07 Å². The predicted octanol–water partition coefficient (Wildman–Crippen LogP) is 2.41. The quantitative estimate of drug-likeness (QED) is 0.787. The van der Waals surface area contributed by atoms with E-state index in [-0.39, 0.29) is 23.2 Å². The van der Waals surface area contributed by atoms with Crippen LogP contribution in [0.1, 0.15) is 46.8 Å². The van der Waals surface area contributed by atoms with Crippen LogP contribution in [0.4, 0.5) is 4.39 Å². The maximum absolute atomic E-state index is 14.0. The number of furan rings is 1. The van der Waals surface area contributed by atoms with Gasteiger partial charge in [-0.05, 0) is 49.4 Å². The van der Waals surface area contributed by atoms with E-state index in [1.54, 1.807) is 12.5 Å². The maximum Gasteiger partial charge on any atom is 0.254 e. The van der Waals surface area contributed by atoms with Gasteiger partial charge in [0, 0.05) is 17.6 Å². The molecule has 7 heteroatoms. The number of carbonyl (C=O) groups is 1. The summed E-state index contributed by atoms with van der Waals surface area (Å²) in [4.78, 5) is 12.5. The van der Waals surface area contributed by atoms with Crippen LogP contribution in [0.3, 0.4) is 0 Å². The second-order valence-corrected chi connectivity index (χ2v) is 6.88. The Balaban J connectivity index is 1.46. The fourth-order valence-corrected chi connectivity index (χ4v) is 4.00. The Morgan fingerprint density at radius 2 is 2.19 bits per heavy atom. The van der Waals surface area contributed by atoms with Crippen LogP contribution in [0.2, 0.25) is 0 Å². The van der Waals surface area contributed by atoms with Gasteiger partial charge in [0.25, 0.3) is 5.91 Å². The molecule has 3 N–H and O–H groups in total. The average molecular weight is 354 g/mol. The van der Waals surface area contributed by atoms with Crippen molar-refractivity contribution in [3.63, 3.8) is 0 Å². The van der Waals surface area contributed by atoms with E-state index in [1.165, 1.54) is 12.1 Å². The smallest absolute Gasteiger partial charge is 0.254 e. The van der Waals surface area contributed by atoms with Crippen molar-refractivity contribution in [1.29, 1.82) is 5.26 Å². The summed E-state index contributed by atoms with van der Waals surface area (Å²) in [7, 11) is 0. The fraction of sp³-hybridized carbons (Fsp3) is 0.368. The van der Waals surface area contributed by atoms with Crippen LogP contribution < -0.4 is 16.2 Å². The van der Waals surface area contributed by atoms with Crippen LogP contribution in [-0.2, 0) is 0 Å². The molecule has 1 aliphatic heterocycles. The van der Waals surface area contributed by atoms with Gasteiger partial charge in [-0.25, -0.2) is 9.82 Å². The van der Waals surface area contributed by atoms with Crippen molar-refractivity contribution in [1.82, 2.24) is 16.2 Å².